The van der Waals surface area contributed by atoms with Crippen molar-refractivity contribution in [1.82, 2.24) is 10.2 Å². The van der Waals surface area contributed by atoms with Gasteiger partial charge < -0.3 is 15.0 Å². The van der Waals surface area contributed by atoms with Crippen LogP contribution < -0.4 is 10.1 Å². The lowest BCUT2D eigenvalue weighted by molar-refractivity contribution is -0.142. The first-order valence-corrected chi connectivity index (χ1v) is 10.2. The van der Waals surface area contributed by atoms with E-state index in [1.807, 2.05) is 62.4 Å². The predicted molar refractivity (Wildman–Crippen MR) is 116 cm³/mol. The number of aryl methyl sites for hydroxylation is 2. The molecule has 0 radical (unpaired) electrons. The van der Waals surface area contributed by atoms with Gasteiger partial charge in [0.05, 0.1) is 0 Å². The summed E-state index contributed by atoms with van der Waals surface area (Å²) in [6, 6.07) is 14.9. The molecule has 0 bridgehead atoms. The molecule has 2 amide bonds. The second-order valence-electron chi connectivity index (χ2n) is 7.43. The molecule has 2 aromatic rings. The molecule has 0 unspecified atom stereocenters. The van der Waals surface area contributed by atoms with Crippen LogP contribution in [0.3, 0.4) is 0 Å². The van der Waals surface area contributed by atoms with Gasteiger partial charge in [0.15, 0.2) is 6.61 Å². The third kappa shape index (κ3) is 7.26. The van der Waals surface area contributed by atoms with Crippen LogP contribution in [0.5, 0.6) is 5.75 Å². The molecule has 2 aromatic carbocycles. The zero-order chi connectivity index (χ0) is 21.2. The zero-order valence-corrected chi connectivity index (χ0v) is 17.9. The van der Waals surface area contributed by atoms with Crippen LogP contribution in [0.25, 0.3) is 0 Å². The summed E-state index contributed by atoms with van der Waals surface area (Å²) < 4.78 is 5.67. The van der Waals surface area contributed by atoms with E-state index in [0.717, 1.165) is 29.5 Å². The Kier molecular flexibility index (Phi) is 8.71. The molecule has 0 saturated heterocycles. The molecule has 5 nitrogen and oxygen atoms in total. The van der Waals surface area contributed by atoms with E-state index in [4.69, 9.17) is 4.74 Å². The maximum Gasteiger partial charge on any atom is 0.261 e. The maximum absolute atomic E-state index is 13.0. The van der Waals surface area contributed by atoms with Crippen molar-refractivity contribution >= 4 is 11.8 Å². The summed E-state index contributed by atoms with van der Waals surface area (Å²) in [5.41, 5.74) is 3.23. The van der Waals surface area contributed by atoms with Crippen molar-refractivity contribution in [3.05, 3.63) is 65.2 Å². The molecule has 5 heteroatoms. The summed E-state index contributed by atoms with van der Waals surface area (Å²) in [5, 5.41) is 2.92. The van der Waals surface area contributed by atoms with Gasteiger partial charge in [0, 0.05) is 13.1 Å². The van der Waals surface area contributed by atoms with Crippen molar-refractivity contribution in [2.75, 3.05) is 13.2 Å². The molecule has 0 fully saturated rings. The average Bonchev–Trinajstić information content (AvgIpc) is 2.71. The normalized spacial score (nSPS) is 11.6. The molecule has 1 N–H and O–H groups in total. The SMILES string of the molecule is CCCCNC(=O)[C@@H](C)N(Cc1cccc(C)c1)C(=O)COc1ccc(C)cc1. The molecule has 1 atom stereocenters. The van der Waals surface area contributed by atoms with Gasteiger partial charge in [0.25, 0.3) is 5.91 Å². The quantitative estimate of drug-likeness (QED) is 0.617. The summed E-state index contributed by atoms with van der Waals surface area (Å²) >= 11 is 0. The number of nitrogens with zero attached hydrogens (tertiary/aromatic N) is 1. The van der Waals surface area contributed by atoms with Crippen LogP contribution in [0.1, 0.15) is 43.4 Å². The third-order valence-electron chi connectivity index (χ3n) is 4.82. The lowest BCUT2D eigenvalue weighted by atomic mass is 10.1. The Morgan fingerprint density at radius 3 is 2.45 bits per heavy atom. The monoisotopic (exact) mass is 396 g/mol. The molecule has 0 spiro atoms. The van der Waals surface area contributed by atoms with E-state index in [9.17, 15) is 9.59 Å². The van der Waals surface area contributed by atoms with Crippen LogP contribution in [-0.4, -0.2) is 35.9 Å². The Bertz CT molecular complexity index is 802. The third-order valence-corrected chi connectivity index (χ3v) is 4.82. The van der Waals surface area contributed by atoms with Gasteiger partial charge in [-0.25, -0.2) is 0 Å². The van der Waals surface area contributed by atoms with Gasteiger partial charge in [0.1, 0.15) is 11.8 Å². The zero-order valence-electron chi connectivity index (χ0n) is 17.9. The molecular weight excluding hydrogens is 364 g/mol. The lowest BCUT2D eigenvalue weighted by Gasteiger charge is -2.29. The highest BCUT2D eigenvalue weighted by molar-refractivity contribution is 5.87. The number of hydrogen-bond donors (Lipinski definition) is 1. The maximum atomic E-state index is 13.0. The van der Waals surface area contributed by atoms with Crippen LogP contribution in [0.4, 0.5) is 0 Å². The number of rotatable bonds is 10. The van der Waals surface area contributed by atoms with Gasteiger partial charge in [-0.2, -0.15) is 0 Å². The smallest absolute Gasteiger partial charge is 0.261 e. The number of hydrogen-bond acceptors (Lipinski definition) is 3. The summed E-state index contributed by atoms with van der Waals surface area (Å²) in [4.78, 5) is 27.1. The van der Waals surface area contributed by atoms with E-state index in [1.54, 1.807) is 11.8 Å². The summed E-state index contributed by atoms with van der Waals surface area (Å²) in [5.74, 6) is 0.277. The van der Waals surface area contributed by atoms with E-state index in [0.29, 0.717) is 18.8 Å². The standard InChI is InChI=1S/C24H32N2O3/c1-5-6-14-25-24(28)20(4)26(16-21-9-7-8-19(3)15-21)23(27)17-29-22-12-10-18(2)11-13-22/h7-13,15,20H,5-6,14,16-17H2,1-4H3,(H,25,28)/t20-/m1/s1. The fourth-order valence-corrected chi connectivity index (χ4v) is 2.99. The van der Waals surface area contributed by atoms with E-state index < -0.39 is 6.04 Å². The first-order valence-electron chi connectivity index (χ1n) is 10.2. The topological polar surface area (TPSA) is 58.6 Å². The Hall–Kier alpha value is -2.82. The molecule has 0 saturated carbocycles. The van der Waals surface area contributed by atoms with Gasteiger partial charge >= 0.3 is 0 Å². The Balaban J connectivity index is 2.10. The first-order chi connectivity index (χ1) is 13.9. The van der Waals surface area contributed by atoms with Crippen LogP contribution in [0, 0.1) is 13.8 Å². The van der Waals surface area contributed by atoms with Crippen LogP contribution in [0.15, 0.2) is 48.5 Å². The Labute approximate surface area is 174 Å². The van der Waals surface area contributed by atoms with Crippen LogP contribution in [-0.2, 0) is 16.1 Å². The summed E-state index contributed by atoms with van der Waals surface area (Å²) in [7, 11) is 0. The van der Waals surface area contributed by atoms with Gasteiger partial charge in [-0.05, 0) is 44.9 Å². The molecule has 0 aliphatic rings. The largest absolute Gasteiger partial charge is 0.484 e. The number of unbranched alkanes of at least 4 members (excludes halogenated alkanes) is 1. The average molecular weight is 397 g/mol. The first kappa shape index (κ1) is 22.5. The van der Waals surface area contributed by atoms with Crippen molar-refractivity contribution in [1.29, 1.82) is 0 Å². The molecule has 0 heterocycles. The highest BCUT2D eigenvalue weighted by Gasteiger charge is 2.26. The van der Waals surface area contributed by atoms with E-state index in [2.05, 4.69) is 12.2 Å². The van der Waals surface area contributed by atoms with Gasteiger partial charge in [-0.3, -0.25) is 9.59 Å². The van der Waals surface area contributed by atoms with Crippen molar-refractivity contribution in [3.8, 4) is 5.75 Å². The number of carbonyl (C=O) groups is 2. The minimum atomic E-state index is -0.582. The van der Waals surface area contributed by atoms with Gasteiger partial charge in [0.2, 0.25) is 5.91 Å². The van der Waals surface area contributed by atoms with Gasteiger partial charge in [-0.1, -0.05) is 60.9 Å². The number of amides is 2. The van der Waals surface area contributed by atoms with Crippen molar-refractivity contribution < 1.29 is 14.3 Å². The molecule has 2 rings (SSSR count). The lowest BCUT2D eigenvalue weighted by Crippen LogP contribution is -2.49. The molecular formula is C24H32N2O3. The number of nitrogens with one attached hydrogen (secondary N) is 1. The van der Waals surface area contributed by atoms with E-state index >= 15 is 0 Å². The van der Waals surface area contributed by atoms with Crippen molar-refractivity contribution in [2.24, 2.45) is 0 Å². The fraction of sp³-hybridized carbons (Fsp3) is 0.417. The molecule has 0 aromatic heterocycles. The molecule has 29 heavy (non-hydrogen) atoms. The fourth-order valence-electron chi connectivity index (χ4n) is 2.99. The molecule has 0 aliphatic carbocycles. The Morgan fingerprint density at radius 1 is 1.07 bits per heavy atom. The predicted octanol–water partition coefficient (Wildman–Crippen LogP) is 4.02. The molecule has 156 valence electrons. The second kappa shape index (κ2) is 11.2. The molecule has 0 aliphatic heterocycles. The van der Waals surface area contributed by atoms with Gasteiger partial charge in [-0.15, -0.1) is 0 Å². The number of carbonyl (C=O) groups excluding carboxylic acids is 2. The van der Waals surface area contributed by atoms with Crippen LogP contribution in [0.2, 0.25) is 0 Å². The second-order valence-corrected chi connectivity index (χ2v) is 7.43. The van der Waals surface area contributed by atoms with Crippen LogP contribution >= 0.6 is 0 Å². The van der Waals surface area contributed by atoms with Crippen molar-refractivity contribution in [2.45, 2.75) is 53.1 Å². The number of benzene rings is 2. The van der Waals surface area contributed by atoms with E-state index in [-0.39, 0.29) is 18.4 Å². The number of ether oxygens (including phenoxy) is 1. The summed E-state index contributed by atoms with van der Waals surface area (Å²) in [6.07, 6.45) is 1.92. The highest BCUT2D eigenvalue weighted by Crippen LogP contribution is 2.14. The highest BCUT2D eigenvalue weighted by atomic mass is 16.5. The minimum absolute atomic E-state index is 0.110. The van der Waals surface area contributed by atoms with Crippen molar-refractivity contribution in [3.63, 3.8) is 0 Å². The van der Waals surface area contributed by atoms with E-state index in [1.165, 1.54) is 0 Å². The Morgan fingerprint density at radius 2 is 1.79 bits per heavy atom. The minimum Gasteiger partial charge on any atom is -0.484 e. The summed E-state index contributed by atoms with van der Waals surface area (Å²) in [6.45, 7) is 8.72.